The van der Waals surface area contributed by atoms with Crippen LogP contribution in [0.2, 0.25) is 0 Å². The van der Waals surface area contributed by atoms with Crippen molar-refractivity contribution < 1.29 is 9.21 Å². The zero-order chi connectivity index (χ0) is 19.3. The molecule has 0 saturated heterocycles. The molecule has 1 amide bonds. The van der Waals surface area contributed by atoms with E-state index in [2.05, 4.69) is 32.4 Å². The molecule has 3 aromatic heterocycles. The third-order valence-corrected chi connectivity index (χ3v) is 6.89. The average Bonchev–Trinajstić information content (AvgIpc) is 3.45. The molecule has 1 aliphatic carbocycles. The van der Waals surface area contributed by atoms with Crippen LogP contribution in [0, 0.1) is 0 Å². The fourth-order valence-electron chi connectivity index (χ4n) is 3.48. The Morgan fingerprint density at radius 3 is 3.07 bits per heavy atom. The largest absolute Gasteiger partial charge is 0.467 e. The quantitative estimate of drug-likeness (QED) is 0.554. The molecule has 0 atom stereocenters. The highest BCUT2D eigenvalue weighted by Gasteiger charge is 2.22. The third-order valence-electron chi connectivity index (χ3n) is 4.84. The maximum Gasteiger partial charge on any atom is 0.230 e. The Hall–Kier alpha value is -2.06. The minimum atomic E-state index is -0.0399. The summed E-state index contributed by atoms with van der Waals surface area (Å²) in [5.74, 6) is 1.96. The first kappa shape index (κ1) is 19.3. The monoisotopic (exact) mass is 416 g/mol. The number of nitrogens with zero attached hydrogens (tertiary/aromatic N) is 3. The number of carbonyl (C=O) groups excluding carboxylic acids is 1. The summed E-state index contributed by atoms with van der Waals surface area (Å²) >= 11 is 3.28. The van der Waals surface area contributed by atoms with E-state index in [9.17, 15) is 4.79 Å². The molecule has 6 nitrogen and oxygen atoms in total. The molecular weight excluding hydrogens is 392 g/mol. The zero-order valence-electron chi connectivity index (χ0n) is 15.9. The van der Waals surface area contributed by atoms with Gasteiger partial charge in [0.15, 0.2) is 11.0 Å². The standard InChI is InChI=1S/C20H24N4O2S2/c1-2-9-24-19(16-12-27-17-8-4-3-7-15(16)17)22-23-20(24)28-13-18(25)21-11-14-6-5-10-26-14/h5-6,10,12H,2-4,7-9,11,13H2,1H3,(H,21,25). The zero-order valence-corrected chi connectivity index (χ0v) is 17.6. The van der Waals surface area contributed by atoms with Gasteiger partial charge in [0.25, 0.3) is 0 Å². The molecule has 0 unspecified atom stereocenters. The van der Waals surface area contributed by atoms with E-state index in [-0.39, 0.29) is 5.91 Å². The first-order valence-electron chi connectivity index (χ1n) is 9.71. The van der Waals surface area contributed by atoms with Gasteiger partial charge in [-0.3, -0.25) is 4.79 Å². The fraction of sp³-hybridized carbons (Fsp3) is 0.450. The lowest BCUT2D eigenvalue weighted by molar-refractivity contribution is -0.118. The van der Waals surface area contributed by atoms with Gasteiger partial charge in [-0.25, -0.2) is 0 Å². The van der Waals surface area contributed by atoms with Crippen LogP contribution in [0.5, 0.6) is 0 Å². The smallest absolute Gasteiger partial charge is 0.230 e. The predicted octanol–water partition coefficient (Wildman–Crippen LogP) is 4.30. The number of hydrogen-bond donors (Lipinski definition) is 1. The number of aromatic nitrogens is 3. The van der Waals surface area contributed by atoms with E-state index < -0.39 is 0 Å². The molecular formula is C20H24N4O2S2. The van der Waals surface area contributed by atoms with Crippen molar-refractivity contribution >= 4 is 29.0 Å². The van der Waals surface area contributed by atoms with Gasteiger partial charge in [-0.1, -0.05) is 18.7 Å². The van der Waals surface area contributed by atoms with E-state index in [0.29, 0.717) is 12.3 Å². The molecule has 0 saturated carbocycles. The molecule has 4 rings (SSSR count). The van der Waals surface area contributed by atoms with Crippen LogP contribution >= 0.6 is 23.1 Å². The van der Waals surface area contributed by atoms with Crippen molar-refractivity contribution in [1.29, 1.82) is 0 Å². The van der Waals surface area contributed by atoms with Gasteiger partial charge in [0.1, 0.15) is 5.76 Å². The Kier molecular flexibility index (Phi) is 6.17. The van der Waals surface area contributed by atoms with Gasteiger partial charge in [-0.15, -0.1) is 21.5 Å². The lowest BCUT2D eigenvalue weighted by Gasteiger charge is -2.13. The molecule has 3 aromatic rings. The van der Waals surface area contributed by atoms with Crippen LogP contribution in [0.1, 0.15) is 42.4 Å². The summed E-state index contributed by atoms with van der Waals surface area (Å²) in [7, 11) is 0. The van der Waals surface area contributed by atoms with Crippen molar-refractivity contribution in [2.45, 2.75) is 57.3 Å². The van der Waals surface area contributed by atoms with E-state index in [1.54, 1.807) is 6.26 Å². The summed E-state index contributed by atoms with van der Waals surface area (Å²) in [6, 6.07) is 3.66. The van der Waals surface area contributed by atoms with Crippen molar-refractivity contribution in [3.05, 3.63) is 40.0 Å². The topological polar surface area (TPSA) is 73.0 Å². The number of fused-ring (bicyclic) bond motifs is 1. The summed E-state index contributed by atoms with van der Waals surface area (Å²) in [5, 5.41) is 14.8. The Morgan fingerprint density at radius 1 is 1.36 bits per heavy atom. The lowest BCUT2D eigenvalue weighted by Crippen LogP contribution is -2.24. The van der Waals surface area contributed by atoms with E-state index in [0.717, 1.165) is 36.1 Å². The Balaban J connectivity index is 1.46. The lowest BCUT2D eigenvalue weighted by atomic mass is 9.95. The number of nitrogens with one attached hydrogen (secondary N) is 1. The van der Waals surface area contributed by atoms with Gasteiger partial charge in [0.2, 0.25) is 5.91 Å². The van der Waals surface area contributed by atoms with E-state index >= 15 is 0 Å². The number of hydrogen-bond acceptors (Lipinski definition) is 6. The van der Waals surface area contributed by atoms with Crippen molar-refractivity contribution in [2.24, 2.45) is 0 Å². The molecule has 1 aliphatic rings. The van der Waals surface area contributed by atoms with Crippen molar-refractivity contribution in [2.75, 3.05) is 5.75 Å². The number of aryl methyl sites for hydroxylation is 1. The molecule has 0 aromatic carbocycles. The van der Waals surface area contributed by atoms with Gasteiger partial charge < -0.3 is 14.3 Å². The second-order valence-electron chi connectivity index (χ2n) is 6.86. The number of amides is 1. The molecule has 3 heterocycles. The summed E-state index contributed by atoms with van der Waals surface area (Å²) in [5.41, 5.74) is 2.68. The number of carbonyl (C=O) groups is 1. The predicted molar refractivity (Wildman–Crippen MR) is 112 cm³/mol. The SMILES string of the molecule is CCCn1c(SCC(=O)NCc2ccco2)nnc1-c1csc2c1CCCC2. The highest BCUT2D eigenvalue weighted by Crippen LogP contribution is 2.36. The van der Waals surface area contributed by atoms with Crippen molar-refractivity contribution in [1.82, 2.24) is 20.1 Å². The van der Waals surface area contributed by atoms with Gasteiger partial charge in [-0.05, 0) is 49.8 Å². The Bertz CT molecular complexity index is 930. The maximum absolute atomic E-state index is 12.2. The summed E-state index contributed by atoms with van der Waals surface area (Å²) in [6.45, 7) is 3.40. The Morgan fingerprint density at radius 2 is 2.25 bits per heavy atom. The Labute approximate surface area is 172 Å². The van der Waals surface area contributed by atoms with Crippen LogP contribution in [0.4, 0.5) is 0 Å². The van der Waals surface area contributed by atoms with Crippen molar-refractivity contribution in [3.63, 3.8) is 0 Å². The number of thiophene rings is 1. The number of rotatable bonds is 8. The molecule has 0 fully saturated rings. The highest BCUT2D eigenvalue weighted by atomic mass is 32.2. The fourth-order valence-corrected chi connectivity index (χ4v) is 5.40. The number of thioether (sulfide) groups is 1. The van der Waals surface area contributed by atoms with Gasteiger partial charge in [-0.2, -0.15) is 0 Å². The molecule has 8 heteroatoms. The molecule has 1 N–H and O–H groups in total. The summed E-state index contributed by atoms with van der Waals surface area (Å²) in [6.07, 6.45) is 7.44. The number of furan rings is 1. The van der Waals surface area contributed by atoms with Gasteiger partial charge in [0, 0.05) is 22.4 Å². The van der Waals surface area contributed by atoms with Gasteiger partial charge >= 0.3 is 0 Å². The van der Waals surface area contributed by atoms with Crippen LogP contribution in [-0.2, 0) is 30.7 Å². The van der Waals surface area contributed by atoms with Crippen LogP contribution in [0.3, 0.4) is 0 Å². The molecule has 0 radical (unpaired) electrons. The van der Waals surface area contributed by atoms with Crippen LogP contribution < -0.4 is 5.32 Å². The van der Waals surface area contributed by atoms with E-state index in [1.165, 1.54) is 47.0 Å². The molecule has 0 aliphatic heterocycles. The minimum absolute atomic E-state index is 0.0399. The van der Waals surface area contributed by atoms with E-state index in [1.807, 2.05) is 23.5 Å². The first-order chi connectivity index (χ1) is 13.8. The summed E-state index contributed by atoms with van der Waals surface area (Å²) < 4.78 is 7.41. The van der Waals surface area contributed by atoms with E-state index in [4.69, 9.17) is 4.42 Å². The first-order valence-corrected chi connectivity index (χ1v) is 11.6. The molecule has 148 valence electrons. The second-order valence-corrected chi connectivity index (χ2v) is 8.77. The highest BCUT2D eigenvalue weighted by molar-refractivity contribution is 7.99. The van der Waals surface area contributed by atoms with Crippen LogP contribution in [0.15, 0.2) is 33.3 Å². The van der Waals surface area contributed by atoms with Crippen molar-refractivity contribution in [3.8, 4) is 11.4 Å². The normalized spacial score (nSPS) is 13.5. The molecule has 0 bridgehead atoms. The maximum atomic E-state index is 12.2. The average molecular weight is 417 g/mol. The third kappa shape index (κ3) is 4.17. The molecule has 28 heavy (non-hydrogen) atoms. The van der Waals surface area contributed by atoms with Crippen LogP contribution in [-0.4, -0.2) is 26.4 Å². The molecule has 0 spiro atoms. The van der Waals surface area contributed by atoms with Gasteiger partial charge in [0.05, 0.1) is 18.6 Å². The minimum Gasteiger partial charge on any atom is -0.467 e. The second kappa shape index (κ2) is 8.96. The van der Waals surface area contributed by atoms with Crippen LogP contribution in [0.25, 0.3) is 11.4 Å². The summed E-state index contributed by atoms with van der Waals surface area (Å²) in [4.78, 5) is 13.7.